The van der Waals surface area contributed by atoms with Gasteiger partial charge in [0.1, 0.15) is 0 Å². The molecule has 16 heavy (non-hydrogen) atoms. The van der Waals surface area contributed by atoms with E-state index in [0.29, 0.717) is 12.1 Å². The van der Waals surface area contributed by atoms with Crippen LogP contribution < -0.4 is 34.7 Å². The van der Waals surface area contributed by atoms with Gasteiger partial charge in [-0.2, -0.15) is 18.4 Å². The van der Waals surface area contributed by atoms with Crippen molar-refractivity contribution in [3.05, 3.63) is 34.9 Å². The van der Waals surface area contributed by atoms with E-state index in [1.165, 1.54) is 6.07 Å². The molecule has 1 rings (SSSR count). The Bertz CT molecular complexity index is 451. The average Bonchev–Trinajstić information content (AvgIpc) is 2.15. The van der Waals surface area contributed by atoms with Crippen LogP contribution in [0.5, 0.6) is 0 Å². The minimum atomic E-state index is -4.64. The number of benzene rings is 1. The number of rotatable bonds is 1. The quantitative estimate of drug-likeness (QED) is 0.528. The molecule has 0 amide bonds. The van der Waals surface area contributed by atoms with Gasteiger partial charge in [-0.3, -0.25) is 0 Å². The summed E-state index contributed by atoms with van der Waals surface area (Å²) in [5.41, 5.74) is -2.24. The molecule has 0 saturated carbocycles. The van der Waals surface area contributed by atoms with Crippen molar-refractivity contribution in [1.82, 2.24) is 0 Å². The molecule has 0 bridgehead atoms. The molecule has 0 fully saturated rings. The van der Waals surface area contributed by atoms with E-state index in [1.54, 1.807) is 0 Å². The van der Waals surface area contributed by atoms with Crippen molar-refractivity contribution in [1.29, 1.82) is 5.26 Å². The summed E-state index contributed by atoms with van der Waals surface area (Å²) < 4.78 is 36.5. The van der Waals surface area contributed by atoms with Crippen molar-refractivity contribution >= 4 is 5.97 Å². The molecule has 0 heterocycles. The van der Waals surface area contributed by atoms with Gasteiger partial charge in [-0.25, -0.2) is 0 Å². The summed E-state index contributed by atoms with van der Waals surface area (Å²) in [5.74, 6) is -1.81. The van der Waals surface area contributed by atoms with Crippen molar-refractivity contribution < 1.29 is 52.6 Å². The first-order chi connectivity index (χ1) is 6.86. The number of alkyl halides is 3. The largest absolute Gasteiger partial charge is 1.00 e. The number of nitrogens with zero attached hydrogens (tertiary/aromatic N) is 1. The summed E-state index contributed by atoms with van der Waals surface area (Å²) in [7, 11) is 0. The topological polar surface area (TPSA) is 63.9 Å². The van der Waals surface area contributed by atoms with Crippen LogP contribution >= 0.6 is 0 Å². The molecule has 0 radical (unpaired) electrons. The van der Waals surface area contributed by atoms with Gasteiger partial charge < -0.3 is 9.90 Å². The van der Waals surface area contributed by atoms with Crippen LogP contribution in [0.3, 0.4) is 0 Å². The van der Waals surface area contributed by atoms with E-state index < -0.39 is 23.3 Å². The Kier molecular flexibility index (Phi) is 5.00. The van der Waals surface area contributed by atoms with E-state index in [4.69, 9.17) is 5.26 Å². The number of nitriles is 1. The summed E-state index contributed by atoms with van der Waals surface area (Å²) in [5, 5.41) is 18.9. The maximum atomic E-state index is 12.2. The maximum Gasteiger partial charge on any atom is 1.00 e. The molecule has 0 N–H and O–H groups in total. The van der Waals surface area contributed by atoms with Gasteiger partial charge in [0.2, 0.25) is 0 Å². The van der Waals surface area contributed by atoms with Gasteiger partial charge in [0.05, 0.1) is 23.2 Å². The number of carbonyl (C=O) groups is 1. The third-order valence-corrected chi connectivity index (χ3v) is 1.69. The van der Waals surface area contributed by atoms with E-state index in [2.05, 4.69) is 0 Å². The van der Waals surface area contributed by atoms with Crippen LogP contribution in [0.1, 0.15) is 21.5 Å². The number of aromatic carboxylic acids is 1. The summed E-state index contributed by atoms with van der Waals surface area (Å²) in [6.07, 6.45) is -4.64. The van der Waals surface area contributed by atoms with Crippen LogP contribution in [0.4, 0.5) is 13.2 Å². The van der Waals surface area contributed by atoms with Crippen LogP contribution in [0.15, 0.2) is 18.2 Å². The van der Waals surface area contributed by atoms with Crippen molar-refractivity contribution in [2.24, 2.45) is 0 Å². The zero-order valence-electron chi connectivity index (χ0n) is 8.13. The first-order valence-electron chi connectivity index (χ1n) is 3.69. The third-order valence-electron chi connectivity index (χ3n) is 1.69. The molecule has 1 aromatic carbocycles. The molecular formula is C9H3F3NNaO2. The van der Waals surface area contributed by atoms with Crippen molar-refractivity contribution in [3.8, 4) is 6.07 Å². The normalized spacial score (nSPS) is 10.1. The van der Waals surface area contributed by atoms with Gasteiger partial charge in [-0.15, -0.1) is 0 Å². The molecule has 0 aliphatic carbocycles. The van der Waals surface area contributed by atoms with Crippen molar-refractivity contribution in [3.63, 3.8) is 0 Å². The molecular weight excluding hydrogens is 234 g/mol. The smallest absolute Gasteiger partial charge is 0.545 e. The molecule has 0 aromatic heterocycles. The van der Waals surface area contributed by atoms with Gasteiger partial charge in [0, 0.05) is 5.56 Å². The summed E-state index contributed by atoms with van der Waals surface area (Å²) in [4.78, 5) is 10.4. The van der Waals surface area contributed by atoms with Crippen molar-refractivity contribution in [2.45, 2.75) is 6.18 Å². The Morgan fingerprint density at radius 2 is 1.94 bits per heavy atom. The molecule has 0 aliphatic heterocycles. The number of hydrogen-bond donors (Lipinski definition) is 0. The molecule has 0 saturated heterocycles. The fourth-order valence-corrected chi connectivity index (χ4v) is 0.987. The fraction of sp³-hybridized carbons (Fsp3) is 0.111. The Hall–Kier alpha value is -1.03. The zero-order chi connectivity index (χ0) is 11.6. The Morgan fingerprint density at radius 1 is 1.38 bits per heavy atom. The molecule has 0 spiro atoms. The average molecular weight is 237 g/mol. The van der Waals surface area contributed by atoms with Gasteiger partial charge in [0.25, 0.3) is 0 Å². The van der Waals surface area contributed by atoms with E-state index in [1.807, 2.05) is 0 Å². The SMILES string of the molecule is N#Cc1ccc(C(F)(F)F)cc1C(=O)[O-].[Na+]. The van der Waals surface area contributed by atoms with Gasteiger partial charge in [-0.1, -0.05) is 0 Å². The van der Waals surface area contributed by atoms with Crippen LogP contribution in [-0.4, -0.2) is 5.97 Å². The molecule has 1 aromatic rings. The van der Waals surface area contributed by atoms with Crippen LogP contribution in [0.25, 0.3) is 0 Å². The molecule has 0 atom stereocenters. The second-order valence-electron chi connectivity index (χ2n) is 2.66. The Labute approximate surface area is 111 Å². The number of halogens is 3. The first kappa shape index (κ1) is 15.0. The monoisotopic (exact) mass is 237 g/mol. The molecule has 0 aliphatic rings. The van der Waals surface area contributed by atoms with E-state index in [9.17, 15) is 23.1 Å². The summed E-state index contributed by atoms with van der Waals surface area (Å²) in [6, 6.07) is 3.29. The Morgan fingerprint density at radius 3 is 2.31 bits per heavy atom. The molecule has 78 valence electrons. The minimum Gasteiger partial charge on any atom is -0.545 e. The number of hydrogen-bond acceptors (Lipinski definition) is 3. The van der Waals surface area contributed by atoms with Gasteiger partial charge >= 0.3 is 35.7 Å². The fourth-order valence-electron chi connectivity index (χ4n) is 0.987. The van der Waals surface area contributed by atoms with E-state index >= 15 is 0 Å². The van der Waals surface area contributed by atoms with Crippen LogP contribution in [0, 0.1) is 11.3 Å². The second kappa shape index (κ2) is 5.34. The predicted molar refractivity (Wildman–Crippen MR) is 40.5 cm³/mol. The summed E-state index contributed by atoms with van der Waals surface area (Å²) >= 11 is 0. The van der Waals surface area contributed by atoms with Crippen LogP contribution in [0.2, 0.25) is 0 Å². The van der Waals surface area contributed by atoms with Crippen LogP contribution in [-0.2, 0) is 6.18 Å². The third kappa shape index (κ3) is 3.23. The molecule has 0 unspecified atom stereocenters. The molecule has 7 heteroatoms. The maximum absolute atomic E-state index is 12.2. The minimum absolute atomic E-state index is 0. The number of carboxylic acid groups (broad SMARTS) is 1. The second-order valence-corrected chi connectivity index (χ2v) is 2.66. The zero-order valence-corrected chi connectivity index (χ0v) is 10.1. The Balaban J connectivity index is 0.00000225. The number of carbonyl (C=O) groups excluding carboxylic acids is 1. The van der Waals surface area contributed by atoms with Crippen molar-refractivity contribution in [2.75, 3.05) is 0 Å². The standard InChI is InChI=1S/C9H4F3NO2.Na/c10-9(11,12)6-2-1-5(4-13)7(3-6)8(14)15;/h1-3H,(H,14,15);/q;+1/p-1. The predicted octanol–water partition coefficient (Wildman–Crippen LogP) is -2.06. The van der Waals surface area contributed by atoms with Gasteiger partial charge in [-0.05, 0) is 18.2 Å². The van der Waals surface area contributed by atoms with E-state index in [-0.39, 0.29) is 35.1 Å². The number of carboxylic acids is 1. The van der Waals surface area contributed by atoms with E-state index in [0.717, 1.165) is 6.07 Å². The van der Waals surface area contributed by atoms with Gasteiger partial charge in [0.15, 0.2) is 0 Å². The first-order valence-corrected chi connectivity index (χ1v) is 3.69. The molecule has 3 nitrogen and oxygen atoms in total. The summed E-state index contributed by atoms with van der Waals surface area (Å²) in [6.45, 7) is 0.